The van der Waals surface area contributed by atoms with Crippen LogP contribution < -0.4 is 122 Å². The Balaban J connectivity index is -0.000000132. The Morgan fingerprint density at radius 3 is 1.29 bits per heavy atom. The van der Waals surface area contributed by atoms with E-state index in [9.17, 15) is 8.78 Å². The normalized spacial score (nSPS) is 8.77. The zero-order valence-corrected chi connectivity index (χ0v) is 56.2. The molecule has 90 heavy (non-hydrogen) atoms. The Hall–Kier alpha value is -5.82. The zero-order chi connectivity index (χ0) is 61.6. The van der Waals surface area contributed by atoms with E-state index >= 15 is 0 Å². The average Bonchev–Trinajstić information content (AvgIpc) is 1.80. The fourth-order valence-electron chi connectivity index (χ4n) is 5.66. The van der Waals surface area contributed by atoms with Gasteiger partial charge in [0.15, 0.2) is 0 Å². The van der Waals surface area contributed by atoms with E-state index in [1.165, 1.54) is 28.1 Å². The molecule has 2 N–H and O–H groups in total. The van der Waals surface area contributed by atoms with Crippen molar-refractivity contribution in [3.8, 4) is 63.2 Å². The molecule has 0 saturated heterocycles. The summed E-state index contributed by atoms with van der Waals surface area (Å²) in [6, 6.07) is 38.7. The van der Waals surface area contributed by atoms with Gasteiger partial charge in [-0.15, -0.1) is 30.6 Å². The molecule has 0 unspecified atom stereocenters. The van der Waals surface area contributed by atoms with Crippen LogP contribution in [0.4, 0.5) is 8.78 Å². The molecule has 482 valence electrons. The molecule has 0 amide bonds. The number of aromatic amines is 1. The van der Waals surface area contributed by atoms with Crippen molar-refractivity contribution < 1.29 is 156 Å². The van der Waals surface area contributed by atoms with Gasteiger partial charge in [-0.1, -0.05) is 158 Å². The summed E-state index contributed by atoms with van der Waals surface area (Å²) in [7, 11) is 8.75. The van der Waals surface area contributed by atoms with Crippen LogP contribution in [0.25, 0.3) is 34.2 Å². The van der Waals surface area contributed by atoms with E-state index in [2.05, 4.69) is 120 Å². The second-order valence-electron chi connectivity index (χ2n) is 14.4. The number of tetrazole rings is 3. The summed E-state index contributed by atoms with van der Waals surface area (Å²) in [5.74, 6) is 3.53. The molecule has 0 bridgehead atoms. The molecule has 0 spiro atoms. The van der Waals surface area contributed by atoms with Gasteiger partial charge in [0.25, 0.3) is 6.47 Å². The van der Waals surface area contributed by atoms with Gasteiger partial charge in [0, 0.05) is 70.3 Å². The minimum Gasteiger partial charge on any atom is -1.00 e. The van der Waals surface area contributed by atoms with Crippen LogP contribution in [-0.4, -0.2) is 116 Å². The minimum absolute atomic E-state index is 0. The second-order valence-corrected chi connectivity index (χ2v) is 16.9. The molecule has 0 fully saturated rings. The molecule has 7 heterocycles. The molecule has 0 aliphatic carbocycles. The van der Waals surface area contributed by atoms with Crippen molar-refractivity contribution in [2.75, 3.05) is 19.2 Å². The van der Waals surface area contributed by atoms with Gasteiger partial charge in [-0.3, -0.25) is 33.5 Å². The molecular formula is C57H78Cl2F2IK2N17O8S. The molecule has 25 nitrogen and oxygen atoms in total. The second kappa shape index (κ2) is 62.0. The topological polar surface area (TPSA) is 331 Å². The third-order valence-corrected chi connectivity index (χ3v) is 8.91. The Bertz CT molecular complexity index is 3400. The summed E-state index contributed by atoms with van der Waals surface area (Å²) in [6.07, 6.45) is 12.7. The number of hydrogen-bond donors (Lipinski definition) is 2. The number of pyridine rings is 4. The number of H-pyrrole nitrogens is 1. The number of aromatic hydroxyl groups is 1. The Morgan fingerprint density at radius 1 is 0.644 bits per heavy atom. The van der Waals surface area contributed by atoms with Crippen LogP contribution in [0.15, 0.2) is 165 Å². The monoisotopic (exact) mass is 1480 g/mol. The molecule has 0 radical (unpaired) electrons. The Kier molecular flexibility index (Phi) is 64.0. The van der Waals surface area contributed by atoms with E-state index in [4.69, 9.17) is 41.6 Å². The van der Waals surface area contributed by atoms with Crippen LogP contribution in [0.3, 0.4) is 0 Å². The van der Waals surface area contributed by atoms with Crippen molar-refractivity contribution in [3.63, 3.8) is 0 Å². The number of halogens is 5. The summed E-state index contributed by atoms with van der Waals surface area (Å²) in [4.78, 5) is 31.9. The SMILES string of the molecule is C.C.C.C.C.C.CI.Cn1nnc(-c2cncc(O)c2)n1.Cn1nnc(-c2cncc(OCc3ccccc3)c2)n1.N#Cc1cncc(OCc2ccccc2)c1.O=CO[O-].O=S(Cl)Cl.[2H]CF.[2H]CF.[H-].[HH].[K+].[K+].c1ccc(COc2cncc(-c3nn[nH]n3)c2)cc1. The van der Waals surface area contributed by atoms with Gasteiger partial charge in [0.05, 0.1) is 61.5 Å². The quantitative estimate of drug-likeness (QED) is 0.0251. The average molecular weight is 1480 g/mol. The number of carbonyl (C=O) groups is 1. The van der Waals surface area contributed by atoms with E-state index in [1.54, 1.807) is 57.3 Å². The first-order valence-electron chi connectivity index (χ1n) is 23.9. The van der Waals surface area contributed by atoms with E-state index in [0.29, 0.717) is 65.7 Å². The van der Waals surface area contributed by atoms with Crippen molar-refractivity contribution >= 4 is 59.7 Å². The van der Waals surface area contributed by atoms with Gasteiger partial charge in [-0.2, -0.15) is 20.1 Å². The molecular weight excluding hydrogens is 1400 g/mol. The van der Waals surface area contributed by atoms with Crippen molar-refractivity contribution in [3.05, 3.63) is 187 Å². The van der Waals surface area contributed by atoms with E-state index in [1.807, 2.05) is 114 Å². The van der Waals surface area contributed by atoms with Crippen LogP contribution in [0.5, 0.6) is 23.0 Å². The van der Waals surface area contributed by atoms with Crippen molar-refractivity contribution in [1.82, 2.24) is 81.0 Å². The van der Waals surface area contributed by atoms with Crippen LogP contribution in [0.1, 0.15) is 72.4 Å². The van der Waals surface area contributed by atoms with E-state index < -0.39 is 23.5 Å². The molecule has 10 aromatic rings. The summed E-state index contributed by atoms with van der Waals surface area (Å²) in [6.45, 7) is 1.30. The number of rotatable bonds is 13. The van der Waals surface area contributed by atoms with Gasteiger partial charge in [-0.05, 0) is 55.5 Å². The predicted molar refractivity (Wildman–Crippen MR) is 349 cm³/mol. The number of hydrogen-bond acceptors (Lipinski definition) is 22. The van der Waals surface area contributed by atoms with Gasteiger partial charge < -0.3 is 30.9 Å². The van der Waals surface area contributed by atoms with Gasteiger partial charge in [0.2, 0.25) is 26.7 Å². The smallest absolute Gasteiger partial charge is 1.00 e. The molecule has 10 rings (SSSR count). The largest absolute Gasteiger partial charge is 1.00 e. The first-order chi connectivity index (χ1) is 40.8. The van der Waals surface area contributed by atoms with Crippen LogP contribution in [-0.2, 0) is 52.8 Å². The number of nitriles is 1. The molecule has 0 saturated carbocycles. The summed E-state index contributed by atoms with van der Waals surface area (Å²) in [5.41, 5.74) is 5.99. The number of nitrogens with one attached hydrogen (secondary N) is 1. The van der Waals surface area contributed by atoms with Gasteiger partial charge in [0.1, 0.15) is 48.9 Å². The van der Waals surface area contributed by atoms with E-state index in [-0.39, 0.29) is 162 Å². The van der Waals surface area contributed by atoms with E-state index in [0.717, 1.165) is 27.8 Å². The third kappa shape index (κ3) is 42.3. The maximum absolute atomic E-state index is 9.96. The Labute approximate surface area is 641 Å². The van der Waals surface area contributed by atoms with Crippen LogP contribution in [0.2, 0.25) is 0 Å². The standard InChI is InChI=1S/C14H13N5O.C13H11N5O.C13H10N2O.C7H7N5O.2CH3F.CH3I.CH2O3.6CH4.Cl2OS.2K.H2.H/c1-19-17-14(16-18-19)12-7-13(9-15-8-12)20-10-11-5-3-2-4-6-11;1-2-4-10(5-3-1)9-19-12-6-11(7-14-8-12)13-15-17-18-16-13;14-7-12-6-13(9-15-8-12)16-10-11-4-2-1-3-5-11;1-12-10-7(9-11-12)5-2-6(13)4-8-3-5;3*1-2;2-1-4-3;;;;;;;1-4(2)3;;;;/h2-9H,10H2,1H3;1-8H,9H2,(H,15,16,17,18);1-6,8-9H,10H2;2-4,13H,1H3;3*1H3;1,3H;6*1H4;;;;1H;/q;;;;;;;;;;;;;;;2*+1;;-1/p-1/i;;;;2*1D;;;;;;;;;;;;;. The number of benzene rings is 3. The number of aromatic nitrogens is 16. The fourth-order valence-corrected chi connectivity index (χ4v) is 5.66. The van der Waals surface area contributed by atoms with Crippen molar-refractivity contribution in [2.24, 2.45) is 14.1 Å². The van der Waals surface area contributed by atoms with Crippen molar-refractivity contribution in [1.29, 1.82) is 5.26 Å². The minimum atomic E-state index is -1.67. The molecule has 0 atom stereocenters. The fraction of sp³-hybridized carbons (Fsp3) is 0.246. The molecule has 0 aliphatic heterocycles. The first-order valence-corrected chi connectivity index (χ1v) is 27.5. The first kappa shape index (κ1) is 92.9. The molecule has 33 heteroatoms. The van der Waals surface area contributed by atoms with Crippen LogP contribution >= 0.6 is 44.0 Å². The van der Waals surface area contributed by atoms with Gasteiger partial charge in [-0.25, -0.2) is 4.21 Å². The summed E-state index contributed by atoms with van der Waals surface area (Å²) >= 11 is 2.15. The van der Waals surface area contributed by atoms with Crippen LogP contribution in [0, 0.1) is 11.3 Å². The number of aryl methyl sites for hydroxylation is 2. The van der Waals surface area contributed by atoms with Crippen molar-refractivity contribution in [2.45, 2.75) is 64.4 Å². The molecule has 7 aromatic heterocycles. The third-order valence-electron chi connectivity index (χ3n) is 8.91. The molecule has 0 aliphatic rings. The molecule has 3 aromatic carbocycles. The maximum atomic E-state index is 9.96. The predicted octanol–water partition coefficient (Wildman–Crippen LogP) is 6.08. The summed E-state index contributed by atoms with van der Waals surface area (Å²) in [5, 5.41) is 63.3. The number of nitrogens with zero attached hydrogens (tertiary/aromatic N) is 16. The number of ether oxygens (including phenoxy) is 3. The summed E-state index contributed by atoms with van der Waals surface area (Å²) < 4.78 is 57.0. The zero-order valence-electron chi connectivity index (χ0n) is 48.5. The number of carbonyl (C=O) groups excluding carboxylic acids is 1. The Morgan fingerprint density at radius 2 is 0.978 bits per heavy atom. The van der Waals surface area contributed by atoms with Gasteiger partial charge >= 0.3 is 103 Å². The maximum Gasteiger partial charge on any atom is 1.00 e. The number of alkyl halides is 3.